The van der Waals surface area contributed by atoms with Crippen molar-refractivity contribution in [2.24, 2.45) is 5.92 Å². The van der Waals surface area contributed by atoms with Crippen LogP contribution in [-0.4, -0.2) is 70.3 Å². The van der Waals surface area contributed by atoms with Crippen LogP contribution in [0.15, 0.2) is 67.0 Å². The summed E-state index contributed by atoms with van der Waals surface area (Å²) >= 11 is 6.15. The molecule has 1 saturated carbocycles. The minimum atomic E-state index is -0.981. The van der Waals surface area contributed by atoms with Crippen molar-refractivity contribution in [1.29, 1.82) is 0 Å². The first-order valence-corrected chi connectivity index (χ1v) is 18.9. The van der Waals surface area contributed by atoms with Gasteiger partial charge in [0.15, 0.2) is 0 Å². The summed E-state index contributed by atoms with van der Waals surface area (Å²) in [4.78, 5) is 70.3. The fourth-order valence-corrected chi connectivity index (χ4v) is 8.42. The number of imide groups is 2. The van der Waals surface area contributed by atoms with Crippen LogP contribution in [0.2, 0.25) is 5.02 Å². The summed E-state index contributed by atoms with van der Waals surface area (Å²) in [5.41, 5.74) is 2.71. The lowest BCUT2D eigenvalue weighted by Crippen LogP contribution is -2.54. The minimum Gasteiger partial charge on any atom is -0.490 e. The quantitative estimate of drug-likeness (QED) is 0.160. The van der Waals surface area contributed by atoms with E-state index >= 15 is 0 Å². The van der Waals surface area contributed by atoms with Crippen LogP contribution in [0, 0.1) is 12.5 Å². The molecule has 0 bridgehead atoms. The molecule has 4 aromatic rings. The van der Waals surface area contributed by atoms with Crippen LogP contribution in [-0.2, 0) is 16.1 Å². The number of carbonyl (C=O) groups excluding carboxylic acids is 5. The molecule has 4 aliphatic rings. The number of ether oxygens (including phenoxy) is 1. The molecule has 3 fully saturated rings. The van der Waals surface area contributed by atoms with E-state index in [4.69, 9.17) is 22.9 Å². The molecule has 54 heavy (non-hydrogen) atoms. The Hall–Kier alpha value is -5.67. The Morgan fingerprint density at radius 1 is 0.870 bits per heavy atom. The summed E-state index contributed by atoms with van der Waals surface area (Å²) in [6.07, 6.45) is 9.55. The molecule has 1 aromatic heterocycles. The number of amides is 5. The number of carbonyl (C=O) groups is 5. The Kier molecular flexibility index (Phi) is 9.58. The molecule has 13 heteroatoms. The zero-order valence-corrected chi connectivity index (χ0v) is 30.3. The minimum absolute atomic E-state index is 0.0424. The lowest BCUT2D eigenvalue weighted by molar-refractivity contribution is -0.136. The molecule has 3 aromatic carbocycles. The van der Waals surface area contributed by atoms with Crippen molar-refractivity contribution >= 4 is 63.3 Å². The number of aromatic nitrogens is 1. The average Bonchev–Trinajstić information content (AvgIpc) is 3.67. The van der Waals surface area contributed by atoms with Crippen molar-refractivity contribution in [1.82, 2.24) is 20.1 Å². The van der Waals surface area contributed by atoms with Gasteiger partial charge in [-0.05, 0) is 99.4 Å². The molecule has 1 aliphatic carbocycles. The number of halogens is 1. The largest absolute Gasteiger partial charge is 0.490 e. The molecule has 3 aliphatic heterocycles. The third-order valence-electron chi connectivity index (χ3n) is 11.2. The lowest BCUT2D eigenvalue weighted by atomic mass is 9.92. The number of hydrogen-bond acceptors (Lipinski definition) is 7. The van der Waals surface area contributed by atoms with E-state index in [2.05, 4.69) is 24.9 Å². The lowest BCUT2D eigenvalue weighted by Gasteiger charge is -2.34. The normalized spacial score (nSPS) is 21.9. The van der Waals surface area contributed by atoms with Gasteiger partial charge >= 0.3 is 0 Å². The van der Waals surface area contributed by atoms with Crippen LogP contribution < -0.4 is 20.3 Å². The van der Waals surface area contributed by atoms with Gasteiger partial charge in [-0.15, -0.1) is 0 Å². The molecular formula is C41H39ClN6O6. The maximum absolute atomic E-state index is 13.3. The Morgan fingerprint density at radius 2 is 1.54 bits per heavy atom. The van der Waals surface area contributed by atoms with Gasteiger partial charge in [-0.3, -0.25) is 34.2 Å². The second kappa shape index (κ2) is 14.6. The molecule has 0 radical (unpaired) electrons. The summed E-state index contributed by atoms with van der Waals surface area (Å²) < 4.78 is 8.22. The Labute approximate surface area is 317 Å². The van der Waals surface area contributed by atoms with Gasteiger partial charge in [-0.2, -0.15) is 0 Å². The number of piperidine rings is 2. The highest BCUT2D eigenvalue weighted by Crippen LogP contribution is 2.34. The van der Waals surface area contributed by atoms with E-state index in [-0.39, 0.29) is 42.0 Å². The Morgan fingerprint density at radius 3 is 2.15 bits per heavy atom. The van der Waals surface area contributed by atoms with E-state index in [1.165, 1.54) is 0 Å². The number of nitrogens with zero attached hydrogens (tertiary/aromatic N) is 4. The van der Waals surface area contributed by atoms with Crippen molar-refractivity contribution in [3.63, 3.8) is 0 Å². The molecule has 0 spiro atoms. The highest BCUT2D eigenvalue weighted by Gasteiger charge is 2.44. The predicted molar refractivity (Wildman–Crippen MR) is 202 cm³/mol. The second-order valence-electron chi connectivity index (χ2n) is 14.7. The first-order chi connectivity index (χ1) is 26.1. The third kappa shape index (κ3) is 7.03. The fraction of sp³-hybridized carbons (Fsp3) is 0.366. The van der Waals surface area contributed by atoms with E-state index in [0.717, 1.165) is 79.5 Å². The number of rotatable bonds is 8. The summed E-state index contributed by atoms with van der Waals surface area (Å²) in [6.45, 7) is 9.75. The van der Waals surface area contributed by atoms with Crippen LogP contribution >= 0.6 is 11.6 Å². The Balaban J connectivity index is 0.806. The molecule has 12 nitrogen and oxygen atoms in total. The molecule has 4 heterocycles. The summed E-state index contributed by atoms with van der Waals surface area (Å²) in [7, 11) is 0. The standard InChI is InChI=1S/C41H39ClN6O6/c1-43-35-11-10-31(20-34(35)42)54-30-8-4-28(5-9-30)44-38(50)25-2-6-29(7-3-25)47-16-14-24(15-17-47)21-46-22-26-18-32-33(19-27(26)23-46)41(53)48(40(32)52)36-12-13-37(49)45-39(36)51/h2-3,6-7,10-11,18-20,22-24,28,30,36H,4-5,8-9,12-17,21H2,(H,44,50)(H,45,49,51). The zero-order valence-electron chi connectivity index (χ0n) is 29.6. The molecule has 2 saturated heterocycles. The average molecular weight is 747 g/mol. The summed E-state index contributed by atoms with van der Waals surface area (Å²) in [6, 6.07) is 15.5. The van der Waals surface area contributed by atoms with E-state index < -0.39 is 29.7 Å². The SMILES string of the molecule is [C-]#[N+]c1ccc(OC2CCC(NC(=O)c3ccc(N4CCC(Cn5cc6cc7c(cc6c5)C(=O)N(C5CCC(=O)NC5=O)C7=O)CC4)cc3)CC2)cc1Cl. The zero-order chi connectivity index (χ0) is 37.5. The first kappa shape index (κ1) is 35.4. The molecular weight excluding hydrogens is 708 g/mol. The number of benzene rings is 3. The molecule has 5 amide bonds. The number of hydrogen-bond donors (Lipinski definition) is 2. The molecule has 1 atom stereocenters. The van der Waals surface area contributed by atoms with Gasteiger partial charge in [0.1, 0.15) is 11.8 Å². The van der Waals surface area contributed by atoms with Gasteiger partial charge < -0.3 is 19.5 Å². The van der Waals surface area contributed by atoms with E-state index in [1.807, 2.05) is 36.7 Å². The predicted octanol–water partition coefficient (Wildman–Crippen LogP) is 6.28. The molecule has 276 valence electrons. The smallest absolute Gasteiger partial charge is 0.262 e. The second-order valence-corrected chi connectivity index (χ2v) is 15.1. The summed E-state index contributed by atoms with van der Waals surface area (Å²) in [5.74, 6) is -0.979. The van der Waals surface area contributed by atoms with Gasteiger partial charge in [0.25, 0.3) is 17.7 Å². The van der Waals surface area contributed by atoms with Crippen LogP contribution in [0.4, 0.5) is 11.4 Å². The number of anilines is 1. The van der Waals surface area contributed by atoms with Crippen molar-refractivity contribution in [2.45, 2.75) is 76.1 Å². The van der Waals surface area contributed by atoms with Crippen LogP contribution in [0.5, 0.6) is 5.75 Å². The van der Waals surface area contributed by atoms with Crippen LogP contribution in [0.25, 0.3) is 15.6 Å². The van der Waals surface area contributed by atoms with Gasteiger partial charge in [0, 0.05) is 66.5 Å². The van der Waals surface area contributed by atoms with Gasteiger partial charge in [0.05, 0.1) is 28.8 Å². The topological polar surface area (TPSA) is 134 Å². The number of fused-ring (bicyclic) bond motifs is 2. The fourth-order valence-electron chi connectivity index (χ4n) is 8.21. The van der Waals surface area contributed by atoms with Crippen molar-refractivity contribution < 1.29 is 28.7 Å². The number of nitrogens with one attached hydrogen (secondary N) is 2. The monoisotopic (exact) mass is 746 g/mol. The van der Waals surface area contributed by atoms with Gasteiger partial charge in [-0.25, -0.2) is 4.85 Å². The molecule has 1 unspecified atom stereocenters. The van der Waals surface area contributed by atoms with Gasteiger partial charge in [0.2, 0.25) is 17.5 Å². The van der Waals surface area contributed by atoms with Crippen LogP contribution in [0.1, 0.15) is 82.4 Å². The van der Waals surface area contributed by atoms with E-state index in [9.17, 15) is 24.0 Å². The first-order valence-electron chi connectivity index (χ1n) is 18.5. The highest BCUT2D eigenvalue weighted by molar-refractivity contribution is 6.33. The Bertz CT molecular complexity index is 2160. The van der Waals surface area contributed by atoms with Crippen molar-refractivity contribution in [2.75, 3.05) is 18.0 Å². The third-order valence-corrected chi connectivity index (χ3v) is 11.5. The van der Waals surface area contributed by atoms with E-state index in [0.29, 0.717) is 27.9 Å². The summed E-state index contributed by atoms with van der Waals surface area (Å²) in [5, 5.41) is 7.52. The molecule has 8 rings (SSSR count). The molecule has 2 N–H and O–H groups in total. The van der Waals surface area contributed by atoms with Crippen molar-refractivity contribution in [3.05, 3.63) is 100 Å². The van der Waals surface area contributed by atoms with Crippen molar-refractivity contribution in [3.8, 4) is 5.75 Å². The van der Waals surface area contributed by atoms with Crippen LogP contribution in [0.3, 0.4) is 0 Å². The van der Waals surface area contributed by atoms with E-state index in [1.54, 1.807) is 30.3 Å². The van der Waals surface area contributed by atoms with Gasteiger partial charge in [-0.1, -0.05) is 17.7 Å². The maximum Gasteiger partial charge on any atom is 0.262 e. The maximum atomic E-state index is 13.3. The highest BCUT2D eigenvalue weighted by atomic mass is 35.5.